The van der Waals surface area contributed by atoms with Gasteiger partial charge in [0.25, 0.3) is 0 Å². The standard InChI is InChI=1S/C29H37FN10O/c1-19(30)18-40(31-5)26-8-7-23(17-32-26)22(4)39-12-6-9-29(27(39)41)10-13-38(14-11-29)28-33-20(2)15-24(35-28)34-25-16-21(3)36-37-25/h7-8,15-18,22H,5-6,9-14H2,1-4H3,(H2,33,34,35,36,37)/b19-18+. The lowest BCUT2D eigenvalue weighted by molar-refractivity contribution is -0.150. The van der Waals surface area contributed by atoms with E-state index in [0.29, 0.717) is 43.0 Å². The molecule has 3 aromatic rings. The molecule has 1 spiro atoms. The summed E-state index contributed by atoms with van der Waals surface area (Å²) >= 11 is 0. The topological polar surface area (TPSA) is 119 Å². The maximum absolute atomic E-state index is 14.0. The summed E-state index contributed by atoms with van der Waals surface area (Å²) < 4.78 is 13.4. The number of nitrogens with one attached hydrogen (secondary N) is 2. The molecular formula is C29H37FN10O. The zero-order valence-corrected chi connectivity index (χ0v) is 24.1. The first-order chi connectivity index (χ1) is 19.7. The molecule has 0 aliphatic carbocycles. The number of allylic oxidation sites excluding steroid dienone is 1. The van der Waals surface area contributed by atoms with E-state index in [2.05, 4.69) is 42.2 Å². The molecule has 2 aliphatic heterocycles. The molecule has 3 aromatic heterocycles. The van der Waals surface area contributed by atoms with Crippen molar-refractivity contribution in [3.05, 3.63) is 59.4 Å². The van der Waals surface area contributed by atoms with Gasteiger partial charge in [-0.05, 0) is 65.0 Å². The van der Waals surface area contributed by atoms with E-state index < -0.39 is 5.83 Å². The number of H-pyrrole nitrogens is 1. The quantitative estimate of drug-likeness (QED) is 0.286. The van der Waals surface area contributed by atoms with Gasteiger partial charge in [0.2, 0.25) is 11.9 Å². The van der Waals surface area contributed by atoms with Gasteiger partial charge in [0.1, 0.15) is 11.6 Å². The van der Waals surface area contributed by atoms with Crippen molar-refractivity contribution in [2.75, 3.05) is 34.9 Å². The number of hydrogen-bond acceptors (Lipinski definition) is 9. The number of aromatic amines is 1. The molecule has 12 heteroatoms. The highest BCUT2D eigenvalue weighted by Gasteiger charge is 2.47. The number of halogens is 1. The van der Waals surface area contributed by atoms with Gasteiger partial charge in [0.05, 0.1) is 17.7 Å². The highest BCUT2D eigenvalue weighted by Crippen LogP contribution is 2.43. The van der Waals surface area contributed by atoms with E-state index >= 15 is 0 Å². The van der Waals surface area contributed by atoms with E-state index in [1.807, 2.05) is 43.9 Å². The number of amides is 1. The average molecular weight is 561 g/mol. The van der Waals surface area contributed by atoms with E-state index in [1.54, 1.807) is 12.3 Å². The van der Waals surface area contributed by atoms with Gasteiger partial charge in [-0.2, -0.15) is 15.2 Å². The van der Waals surface area contributed by atoms with E-state index in [1.165, 1.54) is 18.1 Å². The largest absolute Gasteiger partial charge is 0.341 e. The maximum atomic E-state index is 14.0. The van der Waals surface area contributed by atoms with Crippen LogP contribution in [0.3, 0.4) is 0 Å². The summed E-state index contributed by atoms with van der Waals surface area (Å²) in [7, 11) is 0. The Balaban J connectivity index is 1.26. The van der Waals surface area contributed by atoms with Crippen LogP contribution in [0.15, 0.2) is 47.6 Å². The first kappa shape index (κ1) is 28.2. The molecule has 1 amide bonds. The van der Waals surface area contributed by atoms with Crippen molar-refractivity contribution in [2.24, 2.45) is 10.5 Å². The molecule has 1 unspecified atom stereocenters. The number of hydrogen-bond donors (Lipinski definition) is 2. The number of carbonyl (C=O) groups is 1. The number of aryl methyl sites for hydroxylation is 2. The van der Waals surface area contributed by atoms with E-state index in [0.717, 1.165) is 42.6 Å². The third kappa shape index (κ3) is 6.06. The minimum absolute atomic E-state index is 0.137. The smallest absolute Gasteiger partial charge is 0.229 e. The number of hydrazone groups is 1. The zero-order valence-electron chi connectivity index (χ0n) is 24.1. The second kappa shape index (κ2) is 11.6. The molecule has 41 heavy (non-hydrogen) atoms. The summed E-state index contributed by atoms with van der Waals surface area (Å²) in [6, 6.07) is 7.36. The molecule has 216 valence electrons. The number of anilines is 4. The third-order valence-electron chi connectivity index (χ3n) is 7.98. The van der Waals surface area contributed by atoms with Crippen LogP contribution in [0.2, 0.25) is 0 Å². The second-order valence-electron chi connectivity index (χ2n) is 11.0. The first-order valence-corrected chi connectivity index (χ1v) is 13.9. The number of pyridine rings is 1. The lowest BCUT2D eigenvalue weighted by Crippen LogP contribution is -2.54. The van der Waals surface area contributed by atoms with Crippen molar-refractivity contribution in [3.63, 3.8) is 0 Å². The zero-order chi connectivity index (χ0) is 29.1. The SMILES string of the molecule is C=NN(/C=C(\C)F)c1ccc(C(C)N2CCCC3(CCN(c4nc(C)cc(Nc5cc(C)[nH]n5)n4)CC3)C2=O)cn1. The van der Waals surface area contributed by atoms with Crippen molar-refractivity contribution in [2.45, 2.75) is 59.4 Å². The van der Waals surface area contributed by atoms with Gasteiger partial charge in [-0.1, -0.05) is 6.07 Å². The van der Waals surface area contributed by atoms with Crippen LogP contribution < -0.4 is 15.2 Å². The molecule has 11 nitrogen and oxygen atoms in total. The van der Waals surface area contributed by atoms with Gasteiger partial charge >= 0.3 is 0 Å². The fourth-order valence-electron chi connectivity index (χ4n) is 5.75. The van der Waals surface area contributed by atoms with Crippen molar-refractivity contribution in [1.29, 1.82) is 0 Å². The molecule has 1 atom stereocenters. The summed E-state index contributed by atoms with van der Waals surface area (Å²) in [6.07, 6.45) is 6.28. The minimum Gasteiger partial charge on any atom is -0.341 e. The van der Waals surface area contributed by atoms with Crippen molar-refractivity contribution in [3.8, 4) is 0 Å². The fourth-order valence-corrected chi connectivity index (χ4v) is 5.75. The minimum atomic E-state index is -0.401. The summed E-state index contributed by atoms with van der Waals surface area (Å²) in [5.74, 6) is 2.31. The van der Waals surface area contributed by atoms with Gasteiger partial charge in [-0.3, -0.25) is 9.89 Å². The Kier molecular flexibility index (Phi) is 8.00. The van der Waals surface area contributed by atoms with Crippen LogP contribution in [0, 0.1) is 19.3 Å². The van der Waals surface area contributed by atoms with Gasteiger partial charge in [0, 0.05) is 56.1 Å². The van der Waals surface area contributed by atoms with Crippen LogP contribution in [-0.2, 0) is 4.79 Å². The fraction of sp³-hybridized carbons (Fsp3) is 0.448. The Bertz CT molecular complexity index is 1420. The van der Waals surface area contributed by atoms with Crippen molar-refractivity contribution in [1.82, 2.24) is 30.0 Å². The normalized spacial score (nSPS) is 18.0. The third-order valence-corrected chi connectivity index (χ3v) is 7.98. The summed E-state index contributed by atoms with van der Waals surface area (Å²) in [4.78, 5) is 32.0. The number of carbonyl (C=O) groups excluding carboxylic acids is 1. The molecule has 2 aliphatic rings. The molecule has 0 bridgehead atoms. The Hall–Kier alpha value is -4.35. The molecule has 5 heterocycles. The molecule has 2 saturated heterocycles. The van der Waals surface area contributed by atoms with Crippen LogP contribution in [0.1, 0.15) is 62.5 Å². The van der Waals surface area contributed by atoms with E-state index in [4.69, 9.17) is 4.98 Å². The van der Waals surface area contributed by atoms with Gasteiger partial charge < -0.3 is 15.1 Å². The van der Waals surface area contributed by atoms with Gasteiger partial charge in [-0.15, -0.1) is 0 Å². The summed E-state index contributed by atoms with van der Waals surface area (Å²) in [5.41, 5.74) is 2.36. The highest BCUT2D eigenvalue weighted by atomic mass is 19.1. The van der Waals surface area contributed by atoms with Crippen LogP contribution in [0.25, 0.3) is 0 Å². The van der Waals surface area contributed by atoms with Crippen LogP contribution in [-0.4, -0.2) is 62.3 Å². The van der Waals surface area contributed by atoms with Crippen LogP contribution >= 0.6 is 0 Å². The molecule has 0 saturated carbocycles. The molecule has 0 radical (unpaired) electrons. The van der Waals surface area contributed by atoms with Crippen molar-refractivity contribution < 1.29 is 9.18 Å². The lowest BCUT2D eigenvalue weighted by Gasteiger charge is -2.48. The Labute approximate surface area is 239 Å². The summed E-state index contributed by atoms with van der Waals surface area (Å²) in [5, 5.41) is 15.5. The lowest BCUT2D eigenvalue weighted by atomic mass is 9.71. The Morgan fingerprint density at radius 2 is 1.98 bits per heavy atom. The Morgan fingerprint density at radius 3 is 2.61 bits per heavy atom. The van der Waals surface area contributed by atoms with Crippen LogP contribution in [0.5, 0.6) is 0 Å². The number of likely N-dealkylation sites (tertiary alicyclic amines) is 1. The number of nitrogens with zero attached hydrogens (tertiary/aromatic N) is 8. The van der Waals surface area contributed by atoms with Gasteiger partial charge in [0.15, 0.2) is 11.6 Å². The predicted molar refractivity (Wildman–Crippen MR) is 158 cm³/mol. The van der Waals surface area contributed by atoms with Crippen LogP contribution in [0.4, 0.5) is 27.8 Å². The van der Waals surface area contributed by atoms with E-state index in [9.17, 15) is 9.18 Å². The molecule has 5 rings (SSSR count). The molecular weight excluding hydrogens is 523 g/mol. The first-order valence-electron chi connectivity index (χ1n) is 13.9. The Morgan fingerprint density at radius 1 is 1.20 bits per heavy atom. The highest BCUT2D eigenvalue weighted by molar-refractivity contribution is 5.84. The monoisotopic (exact) mass is 560 g/mol. The van der Waals surface area contributed by atoms with E-state index in [-0.39, 0.29) is 17.4 Å². The van der Waals surface area contributed by atoms with Crippen molar-refractivity contribution >= 4 is 36.0 Å². The number of aromatic nitrogens is 5. The summed E-state index contributed by atoms with van der Waals surface area (Å²) in [6.45, 7) is 12.9. The number of rotatable bonds is 8. The molecule has 2 fully saturated rings. The molecule has 2 N–H and O–H groups in total. The second-order valence-corrected chi connectivity index (χ2v) is 11.0. The predicted octanol–water partition coefficient (Wildman–Crippen LogP) is 5.18. The van der Waals surface area contributed by atoms with Gasteiger partial charge in [-0.25, -0.2) is 19.4 Å². The number of piperidine rings is 2. The average Bonchev–Trinajstić information content (AvgIpc) is 3.37. The maximum Gasteiger partial charge on any atom is 0.229 e. The molecule has 0 aromatic carbocycles.